The van der Waals surface area contributed by atoms with Crippen LogP contribution in [-0.2, 0) is 5.75 Å². The summed E-state index contributed by atoms with van der Waals surface area (Å²) in [6.45, 7) is 2.56. The standard InChI is InChI=1S/C22H19N5OS/c1-2-28-21-12-11-15(14-29-22-23-16-7-3-4-8-17(16)24-22)13-20(21)27-25-18-9-5-6-10-19(18)26-27/h3-13H,2,14H2,1H3,(H,23,24). The van der Waals surface area contributed by atoms with Crippen molar-refractivity contribution >= 4 is 33.8 Å². The SMILES string of the molecule is CCOc1ccc(CSc2nc3ccccc3[nH]2)cc1-n1nc2ccccc2n1. The van der Waals surface area contributed by atoms with Crippen molar-refractivity contribution in [2.45, 2.75) is 17.8 Å². The molecule has 0 aliphatic heterocycles. The average Bonchev–Trinajstić information content (AvgIpc) is 3.37. The Morgan fingerprint density at radius 3 is 2.38 bits per heavy atom. The molecule has 0 bridgehead atoms. The fraction of sp³-hybridized carbons (Fsp3) is 0.136. The van der Waals surface area contributed by atoms with Gasteiger partial charge in [-0.2, -0.15) is 0 Å². The lowest BCUT2D eigenvalue weighted by molar-refractivity contribution is 0.337. The number of para-hydroxylation sites is 2. The monoisotopic (exact) mass is 401 g/mol. The zero-order chi connectivity index (χ0) is 19.6. The molecule has 2 heterocycles. The second kappa shape index (κ2) is 7.60. The third-order valence-electron chi connectivity index (χ3n) is 4.57. The third-order valence-corrected chi connectivity index (χ3v) is 5.51. The van der Waals surface area contributed by atoms with Gasteiger partial charge < -0.3 is 9.72 Å². The summed E-state index contributed by atoms with van der Waals surface area (Å²) in [6, 6.07) is 22.0. The number of hydrogen-bond donors (Lipinski definition) is 1. The molecule has 6 nitrogen and oxygen atoms in total. The summed E-state index contributed by atoms with van der Waals surface area (Å²) in [7, 11) is 0. The van der Waals surface area contributed by atoms with Gasteiger partial charge >= 0.3 is 0 Å². The number of imidazole rings is 1. The molecule has 0 radical (unpaired) electrons. The summed E-state index contributed by atoms with van der Waals surface area (Å²) in [5, 5.41) is 10.1. The molecule has 0 fully saturated rings. The molecule has 0 aliphatic rings. The first-order valence-corrected chi connectivity index (χ1v) is 10.4. The minimum absolute atomic E-state index is 0.584. The molecule has 0 unspecified atom stereocenters. The molecule has 0 amide bonds. The van der Waals surface area contributed by atoms with Crippen molar-refractivity contribution in [2.75, 3.05) is 6.61 Å². The number of H-pyrrole nitrogens is 1. The second-order valence-corrected chi connectivity index (χ2v) is 7.53. The first-order valence-electron chi connectivity index (χ1n) is 9.46. The molecule has 3 aromatic carbocycles. The van der Waals surface area contributed by atoms with Gasteiger partial charge in [-0.25, -0.2) is 4.98 Å². The van der Waals surface area contributed by atoms with E-state index in [1.165, 1.54) is 0 Å². The Kier molecular flexibility index (Phi) is 4.65. The molecule has 5 rings (SSSR count). The van der Waals surface area contributed by atoms with Crippen LogP contribution in [0, 0.1) is 0 Å². The second-order valence-electron chi connectivity index (χ2n) is 6.56. The highest BCUT2D eigenvalue weighted by atomic mass is 32.2. The predicted molar refractivity (Wildman–Crippen MR) is 116 cm³/mol. The number of nitrogens with zero attached hydrogens (tertiary/aromatic N) is 4. The Morgan fingerprint density at radius 1 is 0.931 bits per heavy atom. The summed E-state index contributed by atoms with van der Waals surface area (Å²) in [5.74, 6) is 1.55. The van der Waals surface area contributed by atoms with Gasteiger partial charge in [-0.1, -0.05) is 42.1 Å². The van der Waals surface area contributed by atoms with E-state index in [2.05, 4.69) is 32.3 Å². The molecule has 2 aromatic heterocycles. The summed E-state index contributed by atoms with van der Waals surface area (Å²) >= 11 is 1.67. The lowest BCUT2D eigenvalue weighted by atomic mass is 10.2. The normalized spacial score (nSPS) is 11.3. The zero-order valence-corrected chi connectivity index (χ0v) is 16.7. The van der Waals surface area contributed by atoms with E-state index in [9.17, 15) is 0 Å². The van der Waals surface area contributed by atoms with Gasteiger partial charge in [-0.15, -0.1) is 15.0 Å². The molecule has 0 atom stereocenters. The van der Waals surface area contributed by atoms with Gasteiger partial charge in [0.2, 0.25) is 0 Å². The Labute approximate surface area is 171 Å². The minimum Gasteiger partial charge on any atom is -0.492 e. The maximum atomic E-state index is 5.82. The van der Waals surface area contributed by atoms with Gasteiger partial charge in [0.25, 0.3) is 0 Å². The van der Waals surface area contributed by atoms with Crippen LogP contribution >= 0.6 is 11.8 Å². The third kappa shape index (κ3) is 3.56. The van der Waals surface area contributed by atoms with Crippen LogP contribution in [0.1, 0.15) is 12.5 Å². The quantitative estimate of drug-likeness (QED) is 0.406. The first-order chi connectivity index (χ1) is 14.3. The molecule has 0 saturated heterocycles. The molecule has 1 N–H and O–H groups in total. The number of ether oxygens (including phenoxy) is 1. The van der Waals surface area contributed by atoms with E-state index in [0.29, 0.717) is 6.61 Å². The van der Waals surface area contributed by atoms with Gasteiger partial charge in [-0.3, -0.25) is 0 Å². The van der Waals surface area contributed by atoms with Crippen LogP contribution in [0.4, 0.5) is 0 Å². The van der Waals surface area contributed by atoms with Gasteiger partial charge in [0.05, 0.1) is 17.6 Å². The minimum atomic E-state index is 0.584. The van der Waals surface area contributed by atoms with E-state index >= 15 is 0 Å². The largest absolute Gasteiger partial charge is 0.492 e. The van der Waals surface area contributed by atoms with E-state index in [4.69, 9.17) is 4.74 Å². The van der Waals surface area contributed by atoms with E-state index in [1.54, 1.807) is 16.6 Å². The number of rotatable bonds is 6. The lowest BCUT2D eigenvalue weighted by Crippen LogP contribution is -2.04. The molecule has 29 heavy (non-hydrogen) atoms. The van der Waals surface area contributed by atoms with Crippen LogP contribution in [0.2, 0.25) is 0 Å². The fourth-order valence-electron chi connectivity index (χ4n) is 3.20. The number of hydrogen-bond acceptors (Lipinski definition) is 5. The smallest absolute Gasteiger partial charge is 0.166 e. The number of fused-ring (bicyclic) bond motifs is 2. The molecule has 7 heteroatoms. The highest BCUT2D eigenvalue weighted by molar-refractivity contribution is 7.98. The number of nitrogens with one attached hydrogen (secondary N) is 1. The van der Waals surface area contributed by atoms with Crippen LogP contribution in [0.3, 0.4) is 0 Å². The van der Waals surface area contributed by atoms with Crippen LogP contribution in [0.25, 0.3) is 27.8 Å². The Hall–Kier alpha value is -3.32. The number of aromatic amines is 1. The van der Waals surface area contributed by atoms with Gasteiger partial charge in [-0.05, 0) is 48.9 Å². The molecule has 0 aliphatic carbocycles. The van der Waals surface area contributed by atoms with Crippen LogP contribution in [-0.4, -0.2) is 31.6 Å². The van der Waals surface area contributed by atoms with Crippen molar-refractivity contribution in [2.24, 2.45) is 0 Å². The number of thioether (sulfide) groups is 1. The van der Waals surface area contributed by atoms with Crippen LogP contribution in [0.15, 0.2) is 71.9 Å². The van der Waals surface area contributed by atoms with Crippen molar-refractivity contribution in [3.05, 3.63) is 72.3 Å². The Morgan fingerprint density at radius 2 is 1.66 bits per heavy atom. The van der Waals surface area contributed by atoms with Gasteiger partial charge in [0, 0.05) is 5.75 Å². The summed E-state index contributed by atoms with van der Waals surface area (Å²) < 4.78 is 5.82. The highest BCUT2D eigenvalue weighted by Crippen LogP contribution is 2.28. The number of aromatic nitrogens is 5. The molecule has 0 saturated carbocycles. The van der Waals surface area contributed by atoms with Crippen LogP contribution < -0.4 is 4.74 Å². The van der Waals surface area contributed by atoms with Gasteiger partial charge in [0.1, 0.15) is 22.5 Å². The maximum absolute atomic E-state index is 5.82. The molecule has 5 aromatic rings. The Bertz CT molecular complexity index is 1230. The number of benzene rings is 3. The van der Waals surface area contributed by atoms with E-state index < -0.39 is 0 Å². The highest BCUT2D eigenvalue weighted by Gasteiger charge is 2.12. The molecular weight excluding hydrogens is 382 g/mol. The lowest BCUT2D eigenvalue weighted by Gasteiger charge is -2.11. The van der Waals surface area contributed by atoms with Crippen molar-refractivity contribution in [3.8, 4) is 11.4 Å². The summed E-state index contributed by atoms with van der Waals surface area (Å²) in [4.78, 5) is 9.65. The van der Waals surface area contributed by atoms with Crippen molar-refractivity contribution in [1.29, 1.82) is 0 Å². The first kappa shape index (κ1) is 17.8. The molecular formula is C22H19N5OS. The van der Waals surface area contributed by atoms with E-state index in [-0.39, 0.29) is 0 Å². The molecule has 144 valence electrons. The fourth-order valence-corrected chi connectivity index (χ4v) is 4.03. The Balaban J connectivity index is 1.45. The maximum Gasteiger partial charge on any atom is 0.166 e. The van der Waals surface area contributed by atoms with Gasteiger partial charge in [0.15, 0.2) is 5.16 Å². The summed E-state index contributed by atoms with van der Waals surface area (Å²) in [5.41, 5.74) is 5.74. The van der Waals surface area contributed by atoms with E-state index in [0.717, 1.165) is 50.0 Å². The predicted octanol–water partition coefficient (Wildman–Crippen LogP) is 4.99. The van der Waals surface area contributed by atoms with E-state index in [1.807, 2.05) is 61.5 Å². The van der Waals surface area contributed by atoms with Crippen molar-refractivity contribution in [3.63, 3.8) is 0 Å². The average molecular weight is 401 g/mol. The topological polar surface area (TPSA) is 68.6 Å². The molecule has 0 spiro atoms. The summed E-state index contributed by atoms with van der Waals surface area (Å²) in [6.07, 6.45) is 0. The zero-order valence-electron chi connectivity index (χ0n) is 15.9. The van der Waals surface area contributed by atoms with Crippen molar-refractivity contribution in [1.82, 2.24) is 25.0 Å². The van der Waals surface area contributed by atoms with Crippen LogP contribution in [0.5, 0.6) is 5.75 Å². The van der Waals surface area contributed by atoms with Crippen molar-refractivity contribution < 1.29 is 4.74 Å².